The Labute approximate surface area is 147 Å². The maximum absolute atomic E-state index is 12.0. The van der Waals surface area contributed by atoms with Crippen LogP contribution in [0.5, 0.6) is 0 Å². The molecule has 1 amide bonds. The van der Waals surface area contributed by atoms with E-state index in [1.54, 1.807) is 12.1 Å². The minimum Gasteiger partial charge on any atom is -0.390 e. The van der Waals surface area contributed by atoms with Gasteiger partial charge in [-0.1, -0.05) is 40.9 Å². The van der Waals surface area contributed by atoms with E-state index in [9.17, 15) is 14.9 Å². The van der Waals surface area contributed by atoms with Crippen molar-refractivity contribution in [1.29, 1.82) is 0 Å². The smallest absolute Gasteiger partial charge is 0.390 e. The summed E-state index contributed by atoms with van der Waals surface area (Å²) in [4.78, 5) is 25.3. The van der Waals surface area contributed by atoms with Crippen LogP contribution in [0, 0.1) is 10.1 Å². The number of carbonyl (C=O) groups excluding carboxylic acids is 1. The lowest BCUT2D eigenvalue weighted by atomic mass is 10.1. The molecule has 0 aliphatic heterocycles. The largest absolute Gasteiger partial charge is 0.490 e. The third kappa shape index (κ3) is 4.18. The van der Waals surface area contributed by atoms with E-state index in [0.717, 1.165) is 22.1 Å². The molecular formula is C16H12ClN5O3. The first kappa shape index (κ1) is 16.6. The topological polar surface area (TPSA) is 103 Å². The number of hydrogen-bond acceptors (Lipinski definition) is 5. The number of nitrogens with zero attached hydrogens (tertiary/aromatic N) is 4. The first-order valence-electron chi connectivity index (χ1n) is 7.21. The van der Waals surface area contributed by atoms with Gasteiger partial charge in [0.15, 0.2) is 0 Å². The fraction of sp³-hybridized carbons (Fsp3) is 0.0625. The fourth-order valence-electron chi connectivity index (χ4n) is 2.18. The van der Waals surface area contributed by atoms with Crippen LogP contribution in [0.2, 0.25) is 5.02 Å². The molecule has 0 atom stereocenters. The van der Waals surface area contributed by atoms with E-state index in [2.05, 4.69) is 15.4 Å². The molecule has 126 valence electrons. The van der Waals surface area contributed by atoms with Gasteiger partial charge in [-0.2, -0.15) is 4.68 Å². The van der Waals surface area contributed by atoms with Crippen molar-refractivity contribution in [3.63, 3.8) is 0 Å². The molecule has 0 aliphatic carbocycles. The van der Waals surface area contributed by atoms with E-state index in [0.29, 0.717) is 10.7 Å². The molecule has 1 N–H and O–H groups in total. The number of amides is 1. The molecule has 0 aliphatic rings. The molecule has 0 fully saturated rings. The number of nitrogens with one attached hydrogen (secondary N) is 1. The van der Waals surface area contributed by atoms with Crippen molar-refractivity contribution in [2.75, 3.05) is 5.32 Å². The number of benzene rings is 2. The van der Waals surface area contributed by atoms with Crippen molar-refractivity contribution in [3.8, 4) is 11.1 Å². The van der Waals surface area contributed by atoms with Gasteiger partial charge in [-0.25, -0.2) is 0 Å². The van der Waals surface area contributed by atoms with E-state index in [4.69, 9.17) is 11.6 Å². The highest BCUT2D eigenvalue weighted by molar-refractivity contribution is 6.30. The van der Waals surface area contributed by atoms with Crippen LogP contribution in [-0.2, 0) is 11.3 Å². The van der Waals surface area contributed by atoms with Gasteiger partial charge < -0.3 is 15.4 Å². The van der Waals surface area contributed by atoms with Crippen molar-refractivity contribution in [2.45, 2.75) is 6.54 Å². The third-order valence-corrected chi connectivity index (χ3v) is 3.59. The maximum atomic E-state index is 12.0. The molecule has 0 saturated heterocycles. The van der Waals surface area contributed by atoms with Gasteiger partial charge in [0.1, 0.15) is 6.54 Å². The monoisotopic (exact) mass is 357 g/mol. The summed E-state index contributed by atoms with van der Waals surface area (Å²) >= 11 is 5.87. The Balaban J connectivity index is 1.63. The summed E-state index contributed by atoms with van der Waals surface area (Å²) in [5, 5.41) is 17.5. The van der Waals surface area contributed by atoms with Gasteiger partial charge in [-0.3, -0.25) is 4.79 Å². The fourth-order valence-corrected chi connectivity index (χ4v) is 2.31. The summed E-state index contributed by atoms with van der Waals surface area (Å²) in [7, 11) is 0. The van der Waals surface area contributed by atoms with Crippen LogP contribution in [0.4, 0.5) is 11.6 Å². The molecular weight excluding hydrogens is 346 g/mol. The highest BCUT2D eigenvalue weighted by Crippen LogP contribution is 2.23. The van der Waals surface area contributed by atoms with Gasteiger partial charge in [0, 0.05) is 15.8 Å². The minimum atomic E-state index is -0.718. The molecule has 3 aromatic rings. The lowest BCUT2D eigenvalue weighted by molar-refractivity contribution is -0.394. The van der Waals surface area contributed by atoms with Crippen LogP contribution in [0.3, 0.4) is 0 Å². The zero-order chi connectivity index (χ0) is 17.8. The molecule has 0 spiro atoms. The number of anilines is 1. The van der Waals surface area contributed by atoms with E-state index in [1.807, 2.05) is 36.4 Å². The highest BCUT2D eigenvalue weighted by Gasteiger charge is 2.15. The van der Waals surface area contributed by atoms with Crippen LogP contribution in [0.25, 0.3) is 11.1 Å². The number of rotatable bonds is 5. The van der Waals surface area contributed by atoms with Crippen LogP contribution in [0.1, 0.15) is 0 Å². The van der Waals surface area contributed by atoms with Crippen molar-refractivity contribution in [3.05, 3.63) is 70.0 Å². The molecule has 0 saturated carbocycles. The SMILES string of the molecule is O=C(Cn1cnc([N+](=O)[O-])n1)Nc1ccc(-c2ccc(Cl)cc2)cc1. The van der Waals surface area contributed by atoms with Crippen molar-refractivity contribution in [1.82, 2.24) is 14.8 Å². The summed E-state index contributed by atoms with van der Waals surface area (Å²) in [5.74, 6) is -0.904. The second kappa shape index (κ2) is 7.10. The average molecular weight is 358 g/mol. The van der Waals surface area contributed by atoms with E-state index >= 15 is 0 Å². The molecule has 9 heteroatoms. The molecule has 0 radical (unpaired) electrons. The average Bonchev–Trinajstić information content (AvgIpc) is 3.05. The van der Waals surface area contributed by atoms with Crippen LogP contribution in [0.15, 0.2) is 54.9 Å². The van der Waals surface area contributed by atoms with Gasteiger partial charge in [0.25, 0.3) is 0 Å². The predicted octanol–water partition coefficient (Wildman–Crippen LogP) is 3.15. The van der Waals surface area contributed by atoms with Gasteiger partial charge in [-0.05, 0) is 40.3 Å². The summed E-state index contributed by atoms with van der Waals surface area (Å²) in [6, 6.07) is 14.7. The summed E-state index contributed by atoms with van der Waals surface area (Å²) in [6.07, 6.45) is 1.14. The second-order valence-electron chi connectivity index (χ2n) is 5.13. The second-order valence-corrected chi connectivity index (χ2v) is 5.57. The minimum absolute atomic E-state index is 0.167. The van der Waals surface area contributed by atoms with Crippen LogP contribution in [-0.4, -0.2) is 25.6 Å². The number of halogens is 1. The Morgan fingerprint density at radius 1 is 1.12 bits per heavy atom. The molecule has 8 nitrogen and oxygen atoms in total. The first-order valence-corrected chi connectivity index (χ1v) is 7.59. The van der Waals surface area contributed by atoms with Gasteiger partial charge in [0.2, 0.25) is 12.2 Å². The predicted molar refractivity (Wildman–Crippen MR) is 92.2 cm³/mol. The normalized spacial score (nSPS) is 10.4. The molecule has 1 aromatic heterocycles. The quantitative estimate of drug-likeness (QED) is 0.558. The summed E-state index contributed by atoms with van der Waals surface area (Å²) < 4.78 is 1.11. The Kier molecular flexibility index (Phi) is 4.71. The Hall–Kier alpha value is -3.26. The Bertz CT molecular complexity index is 906. The van der Waals surface area contributed by atoms with E-state index < -0.39 is 10.9 Å². The molecule has 3 rings (SSSR count). The van der Waals surface area contributed by atoms with Gasteiger partial charge >= 0.3 is 5.95 Å². The van der Waals surface area contributed by atoms with Crippen LogP contribution < -0.4 is 5.32 Å². The third-order valence-electron chi connectivity index (χ3n) is 3.34. The lowest BCUT2D eigenvalue weighted by Crippen LogP contribution is -2.19. The summed E-state index contributed by atoms with van der Waals surface area (Å²) in [6.45, 7) is -0.167. The van der Waals surface area contributed by atoms with Crippen molar-refractivity contribution >= 4 is 29.1 Å². The molecule has 25 heavy (non-hydrogen) atoms. The van der Waals surface area contributed by atoms with E-state index in [-0.39, 0.29) is 12.5 Å². The van der Waals surface area contributed by atoms with E-state index in [1.165, 1.54) is 0 Å². The molecule has 0 unspecified atom stereocenters. The zero-order valence-corrected chi connectivity index (χ0v) is 13.6. The maximum Gasteiger partial charge on any atom is 0.490 e. The molecule has 1 heterocycles. The van der Waals surface area contributed by atoms with Gasteiger partial charge in [-0.15, -0.1) is 0 Å². The number of aromatic nitrogens is 3. The Morgan fingerprint density at radius 3 is 2.28 bits per heavy atom. The molecule has 2 aromatic carbocycles. The lowest BCUT2D eigenvalue weighted by Gasteiger charge is -2.06. The van der Waals surface area contributed by atoms with Crippen LogP contribution >= 0.6 is 11.6 Å². The van der Waals surface area contributed by atoms with Crippen molar-refractivity contribution < 1.29 is 9.72 Å². The van der Waals surface area contributed by atoms with Crippen molar-refractivity contribution in [2.24, 2.45) is 0 Å². The summed E-state index contributed by atoms with van der Waals surface area (Å²) in [5.41, 5.74) is 2.61. The number of hydrogen-bond donors (Lipinski definition) is 1. The Morgan fingerprint density at radius 2 is 1.72 bits per heavy atom. The number of nitro groups is 1. The number of carbonyl (C=O) groups is 1. The molecule has 0 bridgehead atoms. The standard InChI is InChI=1S/C16H12ClN5O3/c17-13-5-1-11(2-6-13)12-3-7-14(8-4-12)19-15(23)9-21-10-18-16(20-21)22(24)25/h1-8,10H,9H2,(H,19,23). The highest BCUT2D eigenvalue weighted by atomic mass is 35.5. The zero-order valence-electron chi connectivity index (χ0n) is 12.8. The first-order chi connectivity index (χ1) is 12.0. The van der Waals surface area contributed by atoms with Gasteiger partial charge in [0.05, 0.1) is 0 Å².